The molecule has 0 spiro atoms. The van der Waals surface area contributed by atoms with Gasteiger partial charge in [0.2, 0.25) is 10.0 Å². The summed E-state index contributed by atoms with van der Waals surface area (Å²) in [5, 5.41) is 20.9. The molecule has 11 heteroatoms. The quantitative estimate of drug-likeness (QED) is 0.212. The van der Waals surface area contributed by atoms with E-state index in [2.05, 4.69) is 16.0 Å². The smallest absolute Gasteiger partial charge is 0.254 e. The number of amides is 1. The third-order valence-corrected chi connectivity index (χ3v) is 9.85. The maximum Gasteiger partial charge on any atom is 0.254 e. The van der Waals surface area contributed by atoms with Crippen molar-refractivity contribution < 1.29 is 27.4 Å². The van der Waals surface area contributed by atoms with Crippen molar-refractivity contribution in [2.45, 2.75) is 70.7 Å². The van der Waals surface area contributed by atoms with Crippen molar-refractivity contribution in [3.63, 3.8) is 0 Å². The van der Waals surface area contributed by atoms with Crippen molar-refractivity contribution in [2.24, 2.45) is 0 Å². The molecule has 1 aliphatic rings. The highest BCUT2D eigenvalue weighted by Gasteiger charge is 2.32. The molecule has 45 heavy (non-hydrogen) atoms. The van der Waals surface area contributed by atoms with Gasteiger partial charge in [0, 0.05) is 30.4 Å². The van der Waals surface area contributed by atoms with E-state index in [1.807, 2.05) is 82.3 Å². The fourth-order valence-electron chi connectivity index (χ4n) is 5.45. The monoisotopic (exact) mass is 640 g/mol. The average Bonchev–Trinajstić information content (AvgIpc) is 3.00. The van der Waals surface area contributed by atoms with Crippen LogP contribution in [0.4, 0.5) is 15.8 Å². The van der Waals surface area contributed by atoms with Crippen LogP contribution < -0.4 is 25.0 Å². The minimum absolute atomic E-state index is 0.0520. The van der Waals surface area contributed by atoms with Gasteiger partial charge in [-0.05, 0) is 82.3 Å². The van der Waals surface area contributed by atoms with Crippen molar-refractivity contribution in [3.8, 4) is 5.75 Å². The van der Waals surface area contributed by atoms with Crippen LogP contribution in [0.3, 0.4) is 0 Å². The Morgan fingerprint density at radius 1 is 1.07 bits per heavy atom. The lowest BCUT2D eigenvalue weighted by molar-refractivity contribution is 0.0810. The molecule has 2 atom stereocenters. The minimum atomic E-state index is -3.74. The Balaban J connectivity index is 1.63. The molecule has 1 saturated heterocycles. The molecule has 0 bridgehead atoms. The maximum atomic E-state index is 16.1. The number of nitrogens with one attached hydrogen (secondary N) is 3. The number of methoxy groups -OCH3 is 1. The summed E-state index contributed by atoms with van der Waals surface area (Å²) < 4.78 is 48.4. The van der Waals surface area contributed by atoms with E-state index in [4.69, 9.17) is 4.74 Å². The zero-order valence-corrected chi connectivity index (χ0v) is 27.5. The molecule has 0 saturated carbocycles. The van der Waals surface area contributed by atoms with Gasteiger partial charge < -0.3 is 25.8 Å². The van der Waals surface area contributed by atoms with Crippen molar-refractivity contribution in [2.75, 3.05) is 35.6 Å². The molecule has 9 nitrogen and oxygen atoms in total. The molecule has 1 heterocycles. The highest BCUT2D eigenvalue weighted by molar-refractivity contribution is 7.92. The normalized spacial score (nSPS) is 16.2. The summed E-state index contributed by atoms with van der Waals surface area (Å²) in [6, 6.07) is 19.0. The fraction of sp³-hybridized carbons (Fsp3) is 0.441. The summed E-state index contributed by atoms with van der Waals surface area (Å²) in [5.74, 6) is -1.04. The van der Waals surface area contributed by atoms with Crippen LogP contribution in [0.15, 0.2) is 66.7 Å². The van der Waals surface area contributed by atoms with E-state index in [-0.39, 0.29) is 42.6 Å². The van der Waals surface area contributed by atoms with Crippen LogP contribution in [0, 0.1) is 5.82 Å². The molecule has 0 aliphatic carbocycles. The van der Waals surface area contributed by atoms with Crippen LogP contribution >= 0.6 is 0 Å². The number of nitrogens with zero attached hydrogens (tertiary/aromatic N) is 1. The maximum absolute atomic E-state index is 16.1. The summed E-state index contributed by atoms with van der Waals surface area (Å²) in [6.45, 7) is 8.02. The van der Waals surface area contributed by atoms with Crippen molar-refractivity contribution in [3.05, 3.63) is 89.2 Å². The largest absolute Gasteiger partial charge is 0.497 e. The molecule has 0 radical (unpaired) electrons. The molecule has 3 aromatic rings. The molecule has 3 aromatic carbocycles. The molecule has 4 N–H and O–H groups in total. The summed E-state index contributed by atoms with van der Waals surface area (Å²) >= 11 is 0. The van der Waals surface area contributed by atoms with E-state index >= 15 is 4.39 Å². The number of aliphatic hydroxyl groups excluding tert-OH is 1. The predicted octanol–water partition coefficient (Wildman–Crippen LogP) is 4.81. The van der Waals surface area contributed by atoms with Crippen LogP contribution in [0.25, 0.3) is 0 Å². The van der Waals surface area contributed by atoms with Crippen LogP contribution in [-0.4, -0.2) is 63.6 Å². The number of anilines is 2. The third-order valence-electron chi connectivity index (χ3n) is 8.00. The van der Waals surface area contributed by atoms with E-state index in [1.54, 1.807) is 7.11 Å². The zero-order valence-electron chi connectivity index (χ0n) is 26.6. The van der Waals surface area contributed by atoms with E-state index in [0.29, 0.717) is 24.3 Å². The van der Waals surface area contributed by atoms with Gasteiger partial charge in [-0.1, -0.05) is 42.5 Å². The lowest BCUT2D eigenvalue weighted by Gasteiger charge is -2.32. The number of benzene rings is 3. The van der Waals surface area contributed by atoms with Gasteiger partial charge in [-0.15, -0.1) is 0 Å². The molecule has 1 fully saturated rings. The van der Waals surface area contributed by atoms with Crippen LogP contribution in [-0.2, 0) is 22.0 Å². The Bertz CT molecular complexity index is 1570. The Kier molecular flexibility index (Phi) is 11.1. The summed E-state index contributed by atoms with van der Waals surface area (Å²) in [4.78, 5) is 13.8. The second kappa shape index (κ2) is 14.6. The molecule has 244 valence electrons. The number of carbonyl (C=O) groups is 1. The van der Waals surface area contributed by atoms with Gasteiger partial charge in [-0.3, -0.25) is 9.10 Å². The number of halogens is 1. The Hall–Kier alpha value is -3.67. The topological polar surface area (TPSA) is 120 Å². The molecular weight excluding hydrogens is 595 g/mol. The van der Waals surface area contributed by atoms with Crippen molar-refractivity contribution in [1.29, 1.82) is 0 Å². The lowest BCUT2D eigenvalue weighted by Crippen LogP contribution is -2.51. The number of hydrogen-bond donors (Lipinski definition) is 4. The van der Waals surface area contributed by atoms with Gasteiger partial charge in [0.25, 0.3) is 5.91 Å². The van der Waals surface area contributed by atoms with Gasteiger partial charge in [-0.2, -0.15) is 0 Å². The number of hydrogen-bond acceptors (Lipinski definition) is 7. The van der Waals surface area contributed by atoms with Gasteiger partial charge >= 0.3 is 0 Å². The number of aliphatic hydroxyl groups is 1. The first-order chi connectivity index (χ1) is 21.3. The van der Waals surface area contributed by atoms with E-state index in [0.717, 1.165) is 15.4 Å². The Labute approximate surface area is 266 Å². The van der Waals surface area contributed by atoms with E-state index in [9.17, 15) is 18.3 Å². The van der Waals surface area contributed by atoms with Gasteiger partial charge in [0.1, 0.15) is 5.75 Å². The summed E-state index contributed by atoms with van der Waals surface area (Å²) in [5.41, 5.74) is 1.25. The molecule has 1 amide bonds. The lowest BCUT2D eigenvalue weighted by atomic mass is 9.93. The molecule has 1 aliphatic heterocycles. The first-order valence-corrected chi connectivity index (χ1v) is 16.9. The highest BCUT2D eigenvalue weighted by Crippen LogP contribution is 2.32. The number of rotatable bonds is 13. The van der Waals surface area contributed by atoms with E-state index < -0.39 is 39.4 Å². The van der Waals surface area contributed by atoms with Gasteiger partial charge in [0.05, 0.1) is 36.3 Å². The molecule has 0 unspecified atom stereocenters. The number of sulfonamides is 1. The fourth-order valence-corrected chi connectivity index (χ4v) is 7.07. The second-order valence-electron chi connectivity index (χ2n) is 12.3. The minimum Gasteiger partial charge on any atom is -0.497 e. The predicted molar refractivity (Wildman–Crippen MR) is 177 cm³/mol. The zero-order chi connectivity index (χ0) is 32.8. The van der Waals surface area contributed by atoms with Crippen LogP contribution in [0.5, 0.6) is 5.75 Å². The summed E-state index contributed by atoms with van der Waals surface area (Å²) in [7, 11) is -2.13. The van der Waals surface area contributed by atoms with Crippen LogP contribution in [0.2, 0.25) is 0 Å². The van der Waals surface area contributed by atoms with Gasteiger partial charge in [0.15, 0.2) is 5.82 Å². The first kappa shape index (κ1) is 34.2. The number of ether oxygens (including phenoxy) is 1. The van der Waals surface area contributed by atoms with E-state index in [1.165, 1.54) is 12.1 Å². The summed E-state index contributed by atoms with van der Waals surface area (Å²) in [6.07, 6.45) is 0.320. The Morgan fingerprint density at radius 3 is 2.47 bits per heavy atom. The van der Waals surface area contributed by atoms with Crippen LogP contribution in [0.1, 0.15) is 62.0 Å². The first-order valence-electron chi connectivity index (χ1n) is 15.3. The van der Waals surface area contributed by atoms with Crippen molar-refractivity contribution in [1.82, 2.24) is 10.6 Å². The highest BCUT2D eigenvalue weighted by atomic mass is 32.2. The average molecular weight is 641 g/mol. The second-order valence-corrected chi connectivity index (χ2v) is 14.3. The number of carbonyl (C=O) groups excluding carboxylic acids is 1. The third kappa shape index (κ3) is 8.74. The van der Waals surface area contributed by atoms with Gasteiger partial charge in [-0.25, -0.2) is 12.8 Å². The molecule has 4 rings (SSSR count). The van der Waals surface area contributed by atoms with Crippen molar-refractivity contribution >= 4 is 27.3 Å². The molecule has 0 aromatic heterocycles. The SMILES string of the molecule is COc1cccc(C(C)(C)NC[C@@H](O)[C@H](Cc2ccccc2)NC(=O)c2cc(NC(C)C)cc(N3CCCCS3(=O)=O)c2F)c1. The Morgan fingerprint density at radius 2 is 1.80 bits per heavy atom. The molecular formula is C34H45FN4O5S. The standard InChI is InChI=1S/C34H45FN4O5S/c1-23(2)37-26-20-28(32(35)30(21-26)39-16-9-10-17-45(39,42)43)33(41)38-29(18-24-12-7-6-8-13-24)31(40)22-36-34(3,4)25-14-11-15-27(19-25)44-5/h6-8,11-15,19-21,23,29,31,36-37,40H,9-10,16-18,22H2,1-5H3,(H,38,41)/t29-,31+/m0/s1.